The van der Waals surface area contributed by atoms with Gasteiger partial charge in [-0.2, -0.15) is 0 Å². The number of aromatic nitrogens is 4. The van der Waals surface area contributed by atoms with Crippen LogP contribution in [0, 0.1) is 6.92 Å². The number of hydrogen-bond acceptors (Lipinski definition) is 6. The molecule has 0 radical (unpaired) electrons. The molecule has 10 heteroatoms. The van der Waals surface area contributed by atoms with Gasteiger partial charge < -0.3 is 16.4 Å². The van der Waals surface area contributed by atoms with E-state index in [0.717, 1.165) is 11.3 Å². The van der Waals surface area contributed by atoms with Gasteiger partial charge in [-0.05, 0) is 35.0 Å². The van der Waals surface area contributed by atoms with E-state index in [0.29, 0.717) is 5.69 Å². The van der Waals surface area contributed by atoms with E-state index in [9.17, 15) is 9.59 Å². The third-order valence-corrected chi connectivity index (χ3v) is 2.72. The molecule has 0 atom stereocenters. The monoisotopic (exact) mass is 325 g/mol. The van der Waals surface area contributed by atoms with Crippen LogP contribution in [0.1, 0.15) is 5.56 Å². The van der Waals surface area contributed by atoms with Crippen LogP contribution in [0.5, 0.6) is 0 Å². The number of carbonyl (C=O) groups is 2. The summed E-state index contributed by atoms with van der Waals surface area (Å²) in [5.41, 5.74) is 7.43. The average molecular weight is 326 g/mol. The molecule has 2 rings (SSSR count). The van der Waals surface area contributed by atoms with Crippen molar-refractivity contribution in [2.45, 2.75) is 6.92 Å². The van der Waals surface area contributed by atoms with Gasteiger partial charge in [0.1, 0.15) is 6.33 Å². The highest BCUT2D eigenvalue weighted by Crippen LogP contribution is 2.18. The zero-order chi connectivity index (χ0) is 15.2. The second kappa shape index (κ2) is 8.05. The largest absolute Gasteiger partial charge is 0.346 e. The van der Waals surface area contributed by atoms with Gasteiger partial charge in [0.05, 0.1) is 18.8 Å². The molecule has 0 fully saturated rings. The van der Waals surface area contributed by atoms with Gasteiger partial charge in [0.2, 0.25) is 11.8 Å². The maximum atomic E-state index is 11.7. The molecule has 1 aromatic carbocycles. The molecule has 0 saturated heterocycles. The maximum Gasteiger partial charge on any atom is 0.243 e. The fraction of sp³-hybridized carbons (Fsp3) is 0.250. The molecule has 118 valence electrons. The Morgan fingerprint density at radius 1 is 1.32 bits per heavy atom. The molecule has 2 aromatic rings. The second-order valence-electron chi connectivity index (χ2n) is 4.28. The molecular weight excluding hydrogens is 310 g/mol. The molecule has 0 saturated carbocycles. The van der Waals surface area contributed by atoms with Crippen molar-refractivity contribution in [1.82, 2.24) is 25.5 Å². The number of nitrogens with two attached hydrogens (primary N) is 1. The lowest BCUT2D eigenvalue weighted by Gasteiger charge is -2.10. The van der Waals surface area contributed by atoms with Crippen LogP contribution in [0.15, 0.2) is 24.5 Å². The second-order valence-corrected chi connectivity index (χ2v) is 4.28. The minimum Gasteiger partial charge on any atom is -0.346 e. The summed E-state index contributed by atoms with van der Waals surface area (Å²) in [6.45, 7) is 1.62. The number of nitrogens with one attached hydrogen (secondary N) is 2. The molecule has 0 spiro atoms. The van der Waals surface area contributed by atoms with Crippen molar-refractivity contribution in [3.05, 3.63) is 30.1 Å². The van der Waals surface area contributed by atoms with Crippen molar-refractivity contribution >= 4 is 29.9 Å². The van der Waals surface area contributed by atoms with Crippen LogP contribution in [0.3, 0.4) is 0 Å². The van der Waals surface area contributed by atoms with E-state index in [1.54, 1.807) is 12.1 Å². The Bertz CT molecular complexity index is 645. The fourth-order valence-electron chi connectivity index (χ4n) is 1.66. The number of hydrogen-bond donors (Lipinski definition) is 3. The Kier molecular flexibility index (Phi) is 6.42. The summed E-state index contributed by atoms with van der Waals surface area (Å²) < 4.78 is 1.50. The number of nitrogens with zero attached hydrogens (tertiary/aromatic N) is 4. The number of tetrazole rings is 1. The van der Waals surface area contributed by atoms with Crippen molar-refractivity contribution in [3.63, 3.8) is 0 Å². The van der Waals surface area contributed by atoms with E-state index in [4.69, 9.17) is 5.73 Å². The molecule has 0 unspecified atom stereocenters. The van der Waals surface area contributed by atoms with Crippen LogP contribution in [-0.4, -0.2) is 45.1 Å². The fourth-order valence-corrected chi connectivity index (χ4v) is 1.66. The molecule has 0 aliphatic heterocycles. The normalized spacial score (nSPS) is 9.73. The van der Waals surface area contributed by atoms with Crippen molar-refractivity contribution < 1.29 is 9.59 Å². The molecule has 4 N–H and O–H groups in total. The van der Waals surface area contributed by atoms with Gasteiger partial charge in [-0.3, -0.25) is 9.59 Å². The molecule has 1 aromatic heterocycles. The minimum absolute atomic E-state index is 0. The quantitative estimate of drug-likeness (QED) is 0.674. The molecule has 1 heterocycles. The van der Waals surface area contributed by atoms with Crippen LogP contribution in [0.4, 0.5) is 5.69 Å². The Hall–Kier alpha value is -2.52. The van der Waals surface area contributed by atoms with E-state index in [1.807, 2.05) is 13.0 Å². The predicted octanol–water partition coefficient (Wildman–Crippen LogP) is -0.594. The summed E-state index contributed by atoms with van der Waals surface area (Å²) in [6, 6.07) is 5.34. The van der Waals surface area contributed by atoms with E-state index in [1.165, 1.54) is 11.0 Å². The van der Waals surface area contributed by atoms with Gasteiger partial charge in [0, 0.05) is 5.69 Å². The van der Waals surface area contributed by atoms with Crippen molar-refractivity contribution in [2.24, 2.45) is 5.73 Å². The van der Waals surface area contributed by atoms with E-state index in [-0.39, 0.29) is 37.3 Å². The Labute approximate surface area is 132 Å². The Morgan fingerprint density at radius 2 is 2.09 bits per heavy atom. The first-order valence-corrected chi connectivity index (χ1v) is 6.21. The third kappa shape index (κ3) is 4.50. The number of amides is 2. The number of carbonyl (C=O) groups excluding carboxylic acids is 2. The molecular formula is C12H16ClN7O2. The molecule has 0 aliphatic rings. The number of anilines is 1. The molecule has 2 amide bonds. The van der Waals surface area contributed by atoms with Crippen LogP contribution in [0.2, 0.25) is 0 Å². The maximum absolute atomic E-state index is 11.7. The highest BCUT2D eigenvalue weighted by atomic mass is 35.5. The predicted molar refractivity (Wildman–Crippen MR) is 81.8 cm³/mol. The van der Waals surface area contributed by atoms with Crippen molar-refractivity contribution in [3.8, 4) is 5.69 Å². The lowest BCUT2D eigenvalue weighted by atomic mass is 10.2. The summed E-state index contributed by atoms with van der Waals surface area (Å²) in [5.74, 6) is -0.730. The first-order chi connectivity index (χ1) is 10.1. The molecule has 22 heavy (non-hydrogen) atoms. The third-order valence-electron chi connectivity index (χ3n) is 2.72. The van der Waals surface area contributed by atoms with Gasteiger partial charge in [-0.25, -0.2) is 4.68 Å². The number of benzene rings is 1. The molecule has 0 aliphatic carbocycles. The highest BCUT2D eigenvalue weighted by Gasteiger charge is 2.08. The van der Waals surface area contributed by atoms with Gasteiger partial charge in [0.25, 0.3) is 0 Å². The van der Waals surface area contributed by atoms with Gasteiger partial charge in [-0.15, -0.1) is 17.5 Å². The number of halogens is 1. The van der Waals surface area contributed by atoms with Gasteiger partial charge in [-0.1, -0.05) is 6.07 Å². The van der Waals surface area contributed by atoms with E-state index < -0.39 is 0 Å². The van der Waals surface area contributed by atoms with Gasteiger partial charge >= 0.3 is 0 Å². The standard InChI is InChI=1S/C12H15N7O2.ClH/c1-8-2-3-9(4-10(8)19-7-15-17-18-19)16-12(21)6-14-11(20)5-13;/h2-4,7H,5-6,13H2,1H3,(H,14,20)(H,16,21);1H. The summed E-state index contributed by atoms with van der Waals surface area (Å²) in [6.07, 6.45) is 1.47. The van der Waals surface area contributed by atoms with Gasteiger partial charge in [0.15, 0.2) is 0 Å². The van der Waals surface area contributed by atoms with Crippen LogP contribution < -0.4 is 16.4 Å². The van der Waals surface area contributed by atoms with E-state index in [2.05, 4.69) is 26.2 Å². The first kappa shape index (κ1) is 17.5. The van der Waals surface area contributed by atoms with Crippen molar-refractivity contribution in [1.29, 1.82) is 0 Å². The topological polar surface area (TPSA) is 128 Å². The van der Waals surface area contributed by atoms with Crippen LogP contribution in [-0.2, 0) is 9.59 Å². The van der Waals surface area contributed by atoms with Crippen molar-refractivity contribution in [2.75, 3.05) is 18.4 Å². The smallest absolute Gasteiger partial charge is 0.243 e. The summed E-state index contributed by atoms with van der Waals surface area (Å²) in [4.78, 5) is 22.7. The summed E-state index contributed by atoms with van der Waals surface area (Å²) >= 11 is 0. The summed E-state index contributed by atoms with van der Waals surface area (Å²) in [5, 5.41) is 16.0. The van der Waals surface area contributed by atoms with E-state index >= 15 is 0 Å². The lowest BCUT2D eigenvalue weighted by molar-refractivity contribution is -0.123. The zero-order valence-corrected chi connectivity index (χ0v) is 12.6. The van der Waals surface area contributed by atoms with Crippen LogP contribution >= 0.6 is 12.4 Å². The summed E-state index contributed by atoms with van der Waals surface area (Å²) in [7, 11) is 0. The molecule has 9 nitrogen and oxygen atoms in total. The first-order valence-electron chi connectivity index (χ1n) is 6.21. The zero-order valence-electron chi connectivity index (χ0n) is 11.8. The number of aryl methyl sites for hydroxylation is 1. The molecule has 0 bridgehead atoms. The minimum atomic E-state index is -0.386. The number of rotatable bonds is 5. The highest BCUT2D eigenvalue weighted by molar-refractivity contribution is 5.95. The average Bonchev–Trinajstić information content (AvgIpc) is 3.00. The lowest BCUT2D eigenvalue weighted by Crippen LogP contribution is -2.36. The van der Waals surface area contributed by atoms with Crippen LogP contribution in [0.25, 0.3) is 5.69 Å². The Morgan fingerprint density at radius 3 is 2.73 bits per heavy atom. The Balaban J connectivity index is 0.00000242. The SMILES string of the molecule is Cc1ccc(NC(=O)CNC(=O)CN)cc1-n1cnnn1.Cl.